The van der Waals surface area contributed by atoms with Gasteiger partial charge in [0.15, 0.2) is 17.4 Å². The van der Waals surface area contributed by atoms with Crippen molar-refractivity contribution in [3.05, 3.63) is 0 Å². The van der Waals surface area contributed by atoms with Crippen molar-refractivity contribution in [1.82, 2.24) is 0 Å². The van der Waals surface area contributed by atoms with Gasteiger partial charge in [0.25, 0.3) is 0 Å². The van der Waals surface area contributed by atoms with Crippen LogP contribution >= 0.6 is 16.5 Å². The van der Waals surface area contributed by atoms with Crippen LogP contribution in [0.5, 0.6) is 0 Å². The molecule has 0 rings (SSSR count). The minimum atomic E-state index is -2.87. The molecule has 0 aromatic carbocycles. The number of hydrogen-bond acceptors (Lipinski definition) is 2. The van der Waals surface area contributed by atoms with Gasteiger partial charge in [0.1, 0.15) is 34.7 Å². The first-order valence-corrected chi connectivity index (χ1v) is 3.50. The van der Waals surface area contributed by atoms with E-state index < -0.39 is 16.5 Å². The molecule has 0 unspecified atom stereocenters. The summed E-state index contributed by atoms with van der Waals surface area (Å²) in [6, 6.07) is 0. The van der Waals surface area contributed by atoms with Gasteiger partial charge in [-0.25, -0.2) is 0 Å². The molecule has 0 heterocycles. The molecule has 0 fully saturated rings. The van der Waals surface area contributed by atoms with Crippen LogP contribution in [0.15, 0.2) is 0 Å². The Hall–Kier alpha value is 2.17. The second-order valence-corrected chi connectivity index (χ2v) is 1.52. The molecule has 6 nitrogen and oxygen atoms in total. The van der Waals surface area contributed by atoms with Crippen LogP contribution in [0.3, 0.4) is 0 Å². The van der Waals surface area contributed by atoms with Gasteiger partial charge in [0.2, 0.25) is 0 Å². The van der Waals surface area contributed by atoms with Gasteiger partial charge in [-0.1, -0.05) is 14.9 Å². The zero-order valence-electron chi connectivity index (χ0n) is 7.08. The quantitative estimate of drug-likeness (QED) is 0.285. The van der Waals surface area contributed by atoms with Crippen LogP contribution in [0.2, 0.25) is 0 Å². The van der Waals surface area contributed by atoms with E-state index in [1.165, 1.54) is 0 Å². The second-order valence-electron chi connectivity index (χ2n) is 0.505. The molecule has 80 valence electrons. The molecule has 2 radical (unpaired) electrons. The van der Waals surface area contributed by atoms with Crippen LogP contribution < -0.4 is 0 Å². The first kappa shape index (κ1) is 55.7. The standard InChI is InChI=1S/2CH4.4Al.2HO3P.7H/c;;;;;;2*1-4(2)3;;;;;;;/h2*1H4;;;;;2*(H-,1,2,3);;;;;;;/q;;;;;+3;;;;;;;;;/p+3. The fourth-order valence-corrected chi connectivity index (χ4v) is 0. The molecule has 0 aromatic rings. The van der Waals surface area contributed by atoms with Gasteiger partial charge < -0.3 is 0 Å². The molecule has 0 bridgehead atoms. The molecular weight excluding hydrogens is 290 g/mol. The van der Waals surface area contributed by atoms with Crippen LogP contribution in [-0.2, 0) is 9.13 Å². The van der Waals surface area contributed by atoms with E-state index in [-0.39, 0.29) is 85.7 Å². The molecule has 0 aliphatic heterocycles. The largest absolute Gasteiger partial charge is 3.00 e. The Kier molecular flexibility index (Phi) is 182. The maximum Gasteiger partial charge on any atom is 3.00 e. The van der Waals surface area contributed by atoms with E-state index in [1.54, 1.807) is 0 Å². The summed E-state index contributed by atoms with van der Waals surface area (Å²) in [5, 5.41) is 0. The van der Waals surface area contributed by atoms with Crippen LogP contribution in [0.1, 0.15) is 16.3 Å². The van der Waals surface area contributed by atoms with Crippen LogP contribution in [-0.4, -0.2) is 89.0 Å². The topological polar surface area (TPSA) is 115 Å². The van der Waals surface area contributed by atoms with Crippen molar-refractivity contribution < 1.29 is 30.1 Å². The number of rotatable bonds is 0. The average Bonchev–Trinajstić information content (AvgIpc) is 1.25. The van der Waals surface area contributed by atoms with Crippen molar-refractivity contribution in [2.45, 2.75) is 14.9 Å². The summed E-state index contributed by atoms with van der Waals surface area (Å²) >= 11 is 0. The maximum atomic E-state index is 8.70. The van der Waals surface area contributed by atoms with Gasteiger partial charge in [-0.2, -0.15) is 0 Å². The minimum Gasteiger partial charge on any atom is -0.134 e. The second kappa shape index (κ2) is 45.6. The molecular formula is C2H20Al4O6P2+6. The van der Waals surface area contributed by atoms with Gasteiger partial charge >= 0.3 is 35.3 Å². The summed E-state index contributed by atoms with van der Waals surface area (Å²) in [6.45, 7) is 0. The minimum absolute atomic E-state index is 0. The SMILES string of the molecule is C.C.O=[P+](O)O.O=[P+](O)O.[Al+3].[AlH2].[AlH2].[AlH3].[H+]. The molecule has 0 aromatic heterocycles. The van der Waals surface area contributed by atoms with Crippen LogP contribution in [0.25, 0.3) is 0 Å². The van der Waals surface area contributed by atoms with E-state index in [9.17, 15) is 0 Å². The van der Waals surface area contributed by atoms with Gasteiger partial charge in [0, 0.05) is 9.13 Å². The fraction of sp³-hybridized carbons (Fsp3) is 1.00. The Labute approximate surface area is 130 Å². The third kappa shape index (κ3) is 522. The van der Waals surface area contributed by atoms with E-state index in [0.29, 0.717) is 0 Å². The van der Waals surface area contributed by atoms with Crippen molar-refractivity contribution in [3.63, 3.8) is 0 Å². The van der Waals surface area contributed by atoms with E-state index in [2.05, 4.69) is 0 Å². The molecule has 0 aliphatic rings. The third-order valence-electron chi connectivity index (χ3n) is 0. The maximum absolute atomic E-state index is 8.70. The zero-order valence-corrected chi connectivity index (χ0v) is 13.0. The van der Waals surface area contributed by atoms with Gasteiger partial charge in [-0.3, -0.25) is 0 Å². The molecule has 0 saturated heterocycles. The number of hydrogen-bond donors (Lipinski definition) is 4. The Morgan fingerprint density at radius 3 is 0.786 bits per heavy atom. The van der Waals surface area contributed by atoms with Crippen molar-refractivity contribution in [2.75, 3.05) is 0 Å². The molecule has 0 atom stereocenters. The van der Waals surface area contributed by atoms with E-state index >= 15 is 0 Å². The molecule has 0 aliphatic carbocycles. The first-order valence-electron chi connectivity index (χ1n) is 1.17. The molecule has 0 saturated carbocycles. The molecule has 0 spiro atoms. The predicted octanol–water partition coefficient (Wildman–Crippen LogP) is -2.76. The van der Waals surface area contributed by atoms with Crippen molar-refractivity contribution in [2.24, 2.45) is 0 Å². The van der Waals surface area contributed by atoms with Crippen molar-refractivity contribution >= 4 is 86.0 Å². The first-order chi connectivity index (χ1) is 3.46. The Bertz CT molecular complexity index is 89.1. The van der Waals surface area contributed by atoms with Crippen LogP contribution in [0.4, 0.5) is 0 Å². The third-order valence-corrected chi connectivity index (χ3v) is 0. The molecule has 12 heteroatoms. The molecule has 14 heavy (non-hydrogen) atoms. The smallest absolute Gasteiger partial charge is 0.134 e. The summed E-state index contributed by atoms with van der Waals surface area (Å²) in [7, 11) is -5.74. The van der Waals surface area contributed by atoms with E-state index in [1.807, 2.05) is 0 Å². The van der Waals surface area contributed by atoms with Gasteiger partial charge in [0.05, 0.1) is 0 Å². The molecule has 4 N–H and O–H groups in total. The van der Waals surface area contributed by atoms with Crippen molar-refractivity contribution in [3.8, 4) is 0 Å². The normalized spacial score (nSPS) is 3.71. The average molecular weight is 310 g/mol. The Morgan fingerprint density at radius 1 is 0.786 bits per heavy atom. The summed E-state index contributed by atoms with van der Waals surface area (Å²) in [5.41, 5.74) is 0. The summed E-state index contributed by atoms with van der Waals surface area (Å²) in [4.78, 5) is 28.5. The summed E-state index contributed by atoms with van der Waals surface area (Å²) in [6.07, 6.45) is 0. The van der Waals surface area contributed by atoms with Crippen molar-refractivity contribution in [1.29, 1.82) is 0 Å². The van der Waals surface area contributed by atoms with Gasteiger partial charge in [-0.05, 0) is 0 Å². The van der Waals surface area contributed by atoms with Gasteiger partial charge in [-0.15, -0.1) is 19.6 Å². The van der Waals surface area contributed by atoms with Crippen LogP contribution in [0, 0.1) is 0 Å². The summed E-state index contributed by atoms with van der Waals surface area (Å²) in [5.74, 6) is 0. The fourth-order valence-electron chi connectivity index (χ4n) is 0. The zero-order chi connectivity index (χ0) is 7.15. The monoisotopic (exact) mass is 310 g/mol. The Balaban J connectivity index is -0.00000000468. The van der Waals surface area contributed by atoms with E-state index in [4.69, 9.17) is 28.7 Å². The summed E-state index contributed by atoms with van der Waals surface area (Å²) < 4.78 is 17.4. The van der Waals surface area contributed by atoms with E-state index in [0.717, 1.165) is 0 Å². The predicted molar refractivity (Wildman–Crippen MR) is 71.4 cm³/mol. The Morgan fingerprint density at radius 2 is 0.786 bits per heavy atom. The molecule has 0 amide bonds.